The Kier molecular flexibility index (Phi) is 9.78. The third-order valence-electron chi connectivity index (χ3n) is 1.21. The lowest BCUT2D eigenvalue weighted by atomic mass is 10.2. The minimum atomic E-state index is 0.798. The van der Waals surface area contributed by atoms with Crippen LogP contribution in [0.5, 0.6) is 0 Å². The molecular formula is C7H15BrO2. The summed E-state index contributed by atoms with van der Waals surface area (Å²) in [6.07, 6.45) is 3.44. The molecule has 0 N–H and O–H groups in total. The molecule has 0 saturated carbocycles. The van der Waals surface area contributed by atoms with Gasteiger partial charge in [0.1, 0.15) is 0 Å². The summed E-state index contributed by atoms with van der Waals surface area (Å²) >= 11 is 2.90. The van der Waals surface area contributed by atoms with Crippen molar-refractivity contribution in [3.05, 3.63) is 0 Å². The first-order valence-electron chi connectivity index (χ1n) is 3.73. The van der Waals surface area contributed by atoms with Crippen molar-refractivity contribution in [2.75, 3.05) is 19.8 Å². The summed E-state index contributed by atoms with van der Waals surface area (Å²) < 4.78 is 9.88. The smallest absolute Gasteiger partial charge is 0.0987 e. The van der Waals surface area contributed by atoms with Crippen LogP contribution < -0.4 is 0 Å². The van der Waals surface area contributed by atoms with Gasteiger partial charge in [-0.2, -0.15) is 0 Å². The van der Waals surface area contributed by atoms with Crippen LogP contribution in [-0.2, 0) is 8.57 Å². The molecule has 0 aromatic heterocycles. The Morgan fingerprint density at radius 2 is 1.80 bits per heavy atom. The highest BCUT2D eigenvalue weighted by Gasteiger charge is 1.88. The van der Waals surface area contributed by atoms with Gasteiger partial charge in [-0.3, -0.25) is 0 Å². The second-order valence-corrected chi connectivity index (χ2v) is 2.53. The molecule has 0 aromatic rings. The number of rotatable bonds is 7. The van der Waals surface area contributed by atoms with E-state index in [2.05, 4.69) is 16.3 Å². The van der Waals surface area contributed by atoms with E-state index in [0.29, 0.717) is 0 Å². The molecule has 2 nitrogen and oxygen atoms in total. The topological polar surface area (TPSA) is 18.5 Å². The molecule has 0 radical (unpaired) electrons. The Labute approximate surface area is 71.3 Å². The first kappa shape index (κ1) is 10.4. The number of halogens is 1. The van der Waals surface area contributed by atoms with Crippen molar-refractivity contribution >= 4 is 16.3 Å². The Morgan fingerprint density at radius 1 is 1.10 bits per heavy atom. The normalized spacial score (nSPS) is 10.2. The highest BCUT2D eigenvalue weighted by atomic mass is 79.9. The highest BCUT2D eigenvalue weighted by molar-refractivity contribution is 9.06. The maximum Gasteiger partial charge on any atom is 0.0987 e. The van der Waals surface area contributed by atoms with Gasteiger partial charge in [0, 0.05) is 13.2 Å². The van der Waals surface area contributed by atoms with Gasteiger partial charge in [0.05, 0.1) is 22.9 Å². The third-order valence-corrected chi connectivity index (χ3v) is 1.54. The zero-order valence-corrected chi connectivity index (χ0v) is 8.02. The van der Waals surface area contributed by atoms with Gasteiger partial charge in [-0.25, -0.2) is 0 Å². The van der Waals surface area contributed by atoms with E-state index in [4.69, 9.17) is 8.57 Å². The first-order valence-corrected chi connectivity index (χ1v) is 4.37. The van der Waals surface area contributed by atoms with Gasteiger partial charge in [-0.05, 0) is 26.2 Å². The van der Waals surface area contributed by atoms with Gasteiger partial charge < -0.3 is 8.57 Å². The van der Waals surface area contributed by atoms with Crippen LogP contribution in [-0.4, -0.2) is 19.8 Å². The quantitative estimate of drug-likeness (QED) is 0.602. The number of ether oxygens (including phenoxy) is 1. The number of unbranched alkanes of at least 4 members (excludes halogenated alkanes) is 2. The van der Waals surface area contributed by atoms with Gasteiger partial charge in [0.25, 0.3) is 0 Å². The van der Waals surface area contributed by atoms with E-state index in [1.165, 1.54) is 6.42 Å². The van der Waals surface area contributed by atoms with Crippen LogP contribution in [0.1, 0.15) is 26.2 Å². The van der Waals surface area contributed by atoms with Crippen LogP contribution in [0.15, 0.2) is 0 Å². The lowest BCUT2D eigenvalue weighted by molar-refractivity contribution is 0.142. The van der Waals surface area contributed by atoms with E-state index in [9.17, 15) is 0 Å². The summed E-state index contributed by atoms with van der Waals surface area (Å²) in [4.78, 5) is 0. The van der Waals surface area contributed by atoms with Gasteiger partial charge >= 0.3 is 0 Å². The fourth-order valence-electron chi connectivity index (χ4n) is 0.682. The maximum absolute atomic E-state index is 5.16. The summed E-state index contributed by atoms with van der Waals surface area (Å²) in [5.74, 6) is 0. The van der Waals surface area contributed by atoms with Gasteiger partial charge in [-0.15, -0.1) is 0 Å². The molecule has 0 atom stereocenters. The second-order valence-electron chi connectivity index (χ2n) is 2.07. The fourth-order valence-corrected chi connectivity index (χ4v) is 0.911. The fraction of sp³-hybridized carbons (Fsp3) is 1.00. The van der Waals surface area contributed by atoms with E-state index in [1.807, 2.05) is 6.92 Å². The predicted octanol–water partition coefficient (Wildman–Crippen LogP) is 2.52. The molecule has 0 aliphatic carbocycles. The molecule has 0 fully saturated rings. The van der Waals surface area contributed by atoms with Crippen molar-refractivity contribution in [2.24, 2.45) is 0 Å². The molecule has 0 bridgehead atoms. The van der Waals surface area contributed by atoms with Crippen LogP contribution in [0.3, 0.4) is 0 Å². The Hall–Kier alpha value is 0.400. The zero-order chi connectivity index (χ0) is 7.66. The molecule has 3 heteroatoms. The molecule has 62 valence electrons. The van der Waals surface area contributed by atoms with Crippen molar-refractivity contribution < 1.29 is 8.57 Å². The molecule has 0 heterocycles. The molecular weight excluding hydrogens is 196 g/mol. The highest BCUT2D eigenvalue weighted by Crippen LogP contribution is 1.97. The minimum Gasteiger partial charge on any atom is -0.382 e. The second kappa shape index (κ2) is 9.40. The summed E-state index contributed by atoms with van der Waals surface area (Å²) in [7, 11) is 0. The zero-order valence-electron chi connectivity index (χ0n) is 6.44. The molecule has 0 amide bonds. The number of hydrogen-bond acceptors (Lipinski definition) is 2. The Balaban J connectivity index is 2.65. The lowest BCUT2D eigenvalue weighted by Gasteiger charge is -1.99. The molecule has 0 aliphatic heterocycles. The summed E-state index contributed by atoms with van der Waals surface area (Å²) in [5.41, 5.74) is 0. The standard InChI is InChI=1S/C7H15BrO2/c1-2-9-6-4-3-5-7-10-8/h2-7H2,1H3. The lowest BCUT2D eigenvalue weighted by Crippen LogP contribution is -1.94. The average Bonchev–Trinajstić information content (AvgIpc) is 1.97. The molecule has 0 spiro atoms. The van der Waals surface area contributed by atoms with E-state index in [0.717, 1.165) is 32.7 Å². The first-order chi connectivity index (χ1) is 4.91. The van der Waals surface area contributed by atoms with Crippen LogP contribution in [0, 0.1) is 0 Å². The minimum absolute atomic E-state index is 0.798. The monoisotopic (exact) mass is 210 g/mol. The Bertz CT molecular complexity index is 51.6. The van der Waals surface area contributed by atoms with E-state index < -0.39 is 0 Å². The van der Waals surface area contributed by atoms with Crippen molar-refractivity contribution in [2.45, 2.75) is 26.2 Å². The maximum atomic E-state index is 5.16. The van der Waals surface area contributed by atoms with Crippen LogP contribution in [0.25, 0.3) is 0 Å². The molecule has 0 aliphatic rings. The largest absolute Gasteiger partial charge is 0.382 e. The van der Waals surface area contributed by atoms with Crippen LogP contribution >= 0.6 is 16.3 Å². The Morgan fingerprint density at radius 3 is 2.40 bits per heavy atom. The molecule has 0 unspecified atom stereocenters. The van der Waals surface area contributed by atoms with Gasteiger partial charge in [0.15, 0.2) is 0 Å². The molecule has 0 aromatic carbocycles. The predicted molar refractivity (Wildman–Crippen MR) is 45.2 cm³/mol. The molecule has 0 saturated heterocycles. The molecule has 0 rings (SSSR count). The average molecular weight is 211 g/mol. The van der Waals surface area contributed by atoms with Gasteiger partial charge in [-0.1, -0.05) is 0 Å². The summed E-state index contributed by atoms with van der Waals surface area (Å²) in [5, 5.41) is 0. The van der Waals surface area contributed by atoms with E-state index in [1.54, 1.807) is 0 Å². The van der Waals surface area contributed by atoms with E-state index in [-0.39, 0.29) is 0 Å². The van der Waals surface area contributed by atoms with Crippen LogP contribution in [0.2, 0.25) is 0 Å². The third kappa shape index (κ3) is 8.40. The van der Waals surface area contributed by atoms with Crippen molar-refractivity contribution in [1.82, 2.24) is 0 Å². The van der Waals surface area contributed by atoms with Crippen molar-refractivity contribution in [3.63, 3.8) is 0 Å². The van der Waals surface area contributed by atoms with Crippen molar-refractivity contribution in [3.8, 4) is 0 Å². The van der Waals surface area contributed by atoms with E-state index >= 15 is 0 Å². The molecule has 10 heavy (non-hydrogen) atoms. The SMILES string of the molecule is CCOCCCCCOBr. The van der Waals surface area contributed by atoms with Crippen molar-refractivity contribution in [1.29, 1.82) is 0 Å². The van der Waals surface area contributed by atoms with Crippen LogP contribution in [0.4, 0.5) is 0 Å². The van der Waals surface area contributed by atoms with Gasteiger partial charge in [0.2, 0.25) is 0 Å². The summed E-state index contributed by atoms with van der Waals surface area (Å²) in [6, 6.07) is 0. The number of hydrogen-bond donors (Lipinski definition) is 0. The summed E-state index contributed by atoms with van der Waals surface area (Å²) in [6.45, 7) is 4.53.